The highest BCUT2D eigenvalue weighted by Gasteiger charge is 2.23. The molecule has 3 aromatic rings. The van der Waals surface area contributed by atoms with Gasteiger partial charge in [-0.1, -0.05) is 18.6 Å². The number of methoxy groups -OCH3 is 1. The Morgan fingerprint density at radius 2 is 1.79 bits per heavy atom. The molecule has 4 rings (SSSR count). The molecule has 2 aromatic heterocycles. The number of fused-ring (bicyclic) bond motifs is 1. The third-order valence-electron chi connectivity index (χ3n) is 6.36. The first-order valence-corrected chi connectivity index (χ1v) is 11.2. The van der Waals surface area contributed by atoms with Gasteiger partial charge in [-0.15, -0.1) is 0 Å². The molecule has 0 unspecified atom stereocenters. The lowest BCUT2D eigenvalue weighted by Gasteiger charge is -2.35. The molecule has 0 spiro atoms. The van der Waals surface area contributed by atoms with Gasteiger partial charge in [0.2, 0.25) is 5.91 Å². The van der Waals surface area contributed by atoms with E-state index in [1.807, 2.05) is 24.3 Å². The molecule has 176 valence electrons. The van der Waals surface area contributed by atoms with E-state index in [2.05, 4.69) is 15.2 Å². The van der Waals surface area contributed by atoms with Crippen molar-refractivity contribution in [2.45, 2.75) is 31.8 Å². The van der Waals surface area contributed by atoms with Gasteiger partial charge in [0, 0.05) is 20.6 Å². The van der Waals surface area contributed by atoms with Gasteiger partial charge in [-0.2, -0.15) is 0 Å². The van der Waals surface area contributed by atoms with Crippen molar-refractivity contribution in [2.24, 2.45) is 14.1 Å². The SMILES string of the molecule is COc1ccc([C@H](CNC(=O)Cn2cnc3c2c(=O)n(C)c(=O)n3C)N2CCCCC2)cc1. The molecule has 1 fully saturated rings. The monoisotopic (exact) mass is 454 g/mol. The zero-order chi connectivity index (χ0) is 23.5. The van der Waals surface area contributed by atoms with Gasteiger partial charge in [0.15, 0.2) is 11.2 Å². The Balaban J connectivity index is 1.52. The van der Waals surface area contributed by atoms with Crippen LogP contribution in [0.15, 0.2) is 40.2 Å². The highest BCUT2D eigenvalue weighted by molar-refractivity contribution is 5.78. The minimum Gasteiger partial charge on any atom is -0.497 e. The van der Waals surface area contributed by atoms with Crippen LogP contribution >= 0.6 is 0 Å². The molecule has 1 aliphatic heterocycles. The largest absolute Gasteiger partial charge is 0.497 e. The maximum Gasteiger partial charge on any atom is 0.332 e. The number of amides is 1. The molecule has 0 aliphatic carbocycles. The molecule has 10 nitrogen and oxygen atoms in total. The fourth-order valence-electron chi connectivity index (χ4n) is 4.45. The molecule has 0 radical (unpaired) electrons. The predicted octanol–water partition coefficient (Wildman–Crippen LogP) is 0.786. The Hall–Kier alpha value is -3.40. The number of nitrogens with one attached hydrogen (secondary N) is 1. The molecule has 0 saturated carbocycles. The number of imidazole rings is 1. The molecule has 1 atom stereocenters. The third kappa shape index (κ3) is 4.56. The summed E-state index contributed by atoms with van der Waals surface area (Å²) in [6.45, 7) is 2.37. The van der Waals surface area contributed by atoms with Gasteiger partial charge in [-0.3, -0.25) is 23.6 Å². The first-order valence-electron chi connectivity index (χ1n) is 11.2. The van der Waals surface area contributed by atoms with Crippen molar-refractivity contribution in [1.29, 1.82) is 0 Å². The molecule has 1 saturated heterocycles. The number of aromatic nitrogens is 4. The van der Waals surface area contributed by atoms with Gasteiger partial charge in [-0.05, 0) is 43.6 Å². The smallest absolute Gasteiger partial charge is 0.332 e. The standard InChI is InChI=1S/C23H30N6O4/c1-26-21-20(22(31)27(2)23(26)32)29(15-25-21)14-19(30)24-13-18(28-11-5-4-6-12-28)16-7-9-17(33-3)10-8-16/h7-10,15,18H,4-6,11-14H2,1-3H3,(H,24,30)/t18-/m0/s1. The summed E-state index contributed by atoms with van der Waals surface area (Å²) in [6, 6.07) is 8.00. The summed E-state index contributed by atoms with van der Waals surface area (Å²) in [5.74, 6) is 0.573. The lowest BCUT2D eigenvalue weighted by atomic mass is 10.0. The number of likely N-dealkylation sites (tertiary alicyclic amines) is 1. The number of carbonyl (C=O) groups excluding carboxylic acids is 1. The minimum absolute atomic E-state index is 0.0494. The van der Waals surface area contributed by atoms with Crippen LogP contribution in [0.5, 0.6) is 5.75 Å². The third-order valence-corrected chi connectivity index (χ3v) is 6.36. The fourth-order valence-corrected chi connectivity index (χ4v) is 4.45. The Bertz CT molecular complexity index is 1250. The minimum atomic E-state index is -0.470. The number of piperidine rings is 1. The summed E-state index contributed by atoms with van der Waals surface area (Å²) in [7, 11) is 4.61. The van der Waals surface area contributed by atoms with Crippen molar-refractivity contribution in [3.8, 4) is 5.75 Å². The lowest BCUT2D eigenvalue weighted by molar-refractivity contribution is -0.121. The van der Waals surface area contributed by atoms with E-state index in [9.17, 15) is 14.4 Å². The molecule has 10 heteroatoms. The van der Waals surface area contributed by atoms with Crippen LogP contribution in [0.25, 0.3) is 11.2 Å². The van der Waals surface area contributed by atoms with Gasteiger partial charge in [0.25, 0.3) is 5.56 Å². The van der Waals surface area contributed by atoms with E-state index in [0.717, 1.165) is 41.8 Å². The maximum atomic E-state index is 12.8. The summed E-state index contributed by atoms with van der Waals surface area (Å²) < 4.78 is 9.10. The van der Waals surface area contributed by atoms with E-state index in [4.69, 9.17) is 4.74 Å². The predicted molar refractivity (Wildman–Crippen MR) is 124 cm³/mol. The maximum absolute atomic E-state index is 12.8. The van der Waals surface area contributed by atoms with E-state index in [-0.39, 0.29) is 29.7 Å². The molecular formula is C23H30N6O4. The first kappa shape index (κ1) is 22.8. The van der Waals surface area contributed by atoms with Crippen LogP contribution in [0.3, 0.4) is 0 Å². The number of hydrogen-bond acceptors (Lipinski definition) is 6. The van der Waals surface area contributed by atoms with E-state index < -0.39 is 11.2 Å². The fraction of sp³-hybridized carbons (Fsp3) is 0.478. The van der Waals surface area contributed by atoms with Crippen LogP contribution in [0.4, 0.5) is 0 Å². The van der Waals surface area contributed by atoms with Crippen LogP contribution in [0, 0.1) is 0 Å². The number of aryl methyl sites for hydroxylation is 1. The highest BCUT2D eigenvalue weighted by atomic mass is 16.5. The number of ether oxygens (including phenoxy) is 1. The Labute approximate surface area is 191 Å². The second kappa shape index (κ2) is 9.62. The summed E-state index contributed by atoms with van der Waals surface area (Å²) in [6.07, 6.45) is 4.94. The molecule has 0 bridgehead atoms. The van der Waals surface area contributed by atoms with Crippen LogP contribution in [0.1, 0.15) is 30.9 Å². The average Bonchev–Trinajstić information content (AvgIpc) is 3.26. The summed E-state index contributed by atoms with van der Waals surface area (Å²) in [4.78, 5) is 44.2. The van der Waals surface area contributed by atoms with Crippen molar-refractivity contribution in [3.05, 3.63) is 57.0 Å². The molecule has 3 heterocycles. The van der Waals surface area contributed by atoms with Gasteiger partial charge >= 0.3 is 5.69 Å². The summed E-state index contributed by atoms with van der Waals surface area (Å²) >= 11 is 0. The Morgan fingerprint density at radius 3 is 2.45 bits per heavy atom. The topological polar surface area (TPSA) is 103 Å². The molecule has 1 N–H and O–H groups in total. The van der Waals surface area contributed by atoms with Crippen molar-refractivity contribution in [3.63, 3.8) is 0 Å². The van der Waals surface area contributed by atoms with Crippen molar-refractivity contribution < 1.29 is 9.53 Å². The van der Waals surface area contributed by atoms with Crippen LogP contribution in [-0.2, 0) is 25.4 Å². The van der Waals surface area contributed by atoms with E-state index in [1.54, 1.807) is 14.2 Å². The number of benzene rings is 1. The van der Waals surface area contributed by atoms with Crippen LogP contribution in [-0.4, -0.2) is 56.2 Å². The second-order valence-electron chi connectivity index (χ2n) is 8.44. The van der Waals surface area contributed by atoms with Gasteiger partial charge in [0.1, 0.15) is 12.3 Å². The highest BCUT2D eigenvalue weighted by Crippen LogP contribution is 2.26. The number of nitrogens with zero attached hydrogens (tertiary/aromatic N) is 5. The second-order valence-corrected chi connectivity index (χ2v) is 8.44. The average molecular weight is 455 g/mol. The Kier molecular flexibility index (Phi) is 6.64. The van der Waals surface area contributed by atoms with Gasteiger partial charge in [0.05, 0.1) is 19.5 Å². The number of rotatable bonds is 7. The van der Waals surface area contributed by atoms with Crippen LogP contribution < -0.4 is 21.3 Å². The molecule has 33 heavy (non-hydrogen) atoms. The van der Waals surface area contributed by atoms with E-state index in [1.165, 1.54) is 28.9 Å². The molecule has 1 aromatic carbocycles. The first-order chi connectivity index (χ1) is 15.9. The summed E-state index contributed by atoms with van der Waals surface area (Å²) in [5.41, 5.74) is 0.696. The van der Waals surface area contributed by atoms with Crippen molar-refractivity contribution in [1.82, 2.24) is 28.9 Å². The zero-order valence-corrected chi connectivity index (χ0v) is 19.3. The number of hydrogen-bond donors (Lipinski definition) is 1. The Morgan fingerprint density at radius 1 is 1.09 bits per heavy atom. The van der Waals surface area contributed by atoms with Crippen molar-refractivity contribution >= 4 is 17.1 Å². The number of carbonyl (C=O) groups is 1. The molecule has 1 amide bonds. The van der Waals surface area contributed by atoms with Gasteiger partial charge < -0.3 is 14.6 Å². The van der Waals surface area contributed by atoms with E-state index >= 15 is 0 Å². The lowest BCUT2D eigenvalue weighted by Crippen LogP contribution is -2.41. The van der Waals surface area contributed by atoms with E-state index in [0.29, 0.717) is 6.54 Å². The quantitative estimate of drug-likeness (QED) is 0.566. The normalized spacial score (nSPS) is 15.5. The van der Waals surface area contributed by atoms with Crippen molar-refractivity contribution in [2.75, 3.05) is 26.7 Å². The molecular weight excluding hydrogens is 424 g/mol. The molecule has 1 aliphatic rings. The van der Waals surface area contributed by atoms with Crippen LogP contribution in [0.2, 0.25) is 0 Å². The summed E-state index contributed by atoms with van der Waals surface area (Å²) in [5, 5.41) is 3.03. The zero-order valence-electron chi connectivity index (χ0n) is 19.3. The van der Waals surface area contributed by atoms with Gasteiger partial charge in [-0.25, -0.2) is 9.78 Å².